The number of fused-ring (bicyclic) bond motifs is 1. The first-order valence-electron chi connectivity index (χ1n) is 8.76. The lowest BCUT2D eigenvalue weighted by atomic mass is 10.1. The number of benzene rings is 2. The van der Waals surface area contributed by atoms with Crippen molar-refractivity contribution in [2.24, 2.45) is 0 Å². The summed E-state index contributed by atoms with van der Waals surface area (Å²) in [5.74, 6) is 0.596. The van der Waals surface area contributed by atoms with Gasteiger partial charge in [0.05, 0.1) is 7.11 Å². The number of phenols is 1. The van der Waals surface area contributed by atoms with Gasteiger partial charge in [0, 0.05) is 30.7 Å². The normalized spacial score (nSPS) is 10.8. The van der Waals surface area contributed by atoms with Crippen molar-refractivity contribution in [3.05, 3.63) is 59.8 Å². The summed E-state index contributed by atoms with van der Waals surface area (Å²) >= 11 is 0. The van der Waals surface area contributed by atoms with Gasteiger partial charge in [-0.25, -0.2) is 0 Å². The van der Waals surface area contributed by atoms with E-state index in [1.807, 2.05) is 18.2 Å². The number of hydrogen-bond acceptors (Lipinski definition) is 3. The van der Waals surface area contributed by atoms with Crippen LogP contribution in [0.5, 0.6) is 11.5 Å². The second kappa shape index (κ2) is 7.95. The van der Waals surface area contributed by atoms with Gasteiger partial charge in [-0.2, -0.15) is 0 Å². The van der Waals surface area contributed by atoms with Gasteiger partial charge >= 0.3 is 0 Å². The fourth-order valence-electron chi connectivity index (χ4n) is 3.18. The molecule has 136 valence electrons. The van der Waals surface area contributed by atoms with Crippen LogP contribution in [0.4, 0.5) is 0 Å². The van der Waals surface area contributed by atoms with E-state index >= 15 is 0 Å². The van der Waals surface area contributed by atoms with Gasteiger partial charge in [0.15, 0.2) is 11.5 Å². The highest BCUT2D eigenvalue weighted by Crippen LogP contribution is 2.26. The number of nitrogens with zero attached hydrogens (tertiary/aromatic N) is 1. The maximum Gasteiger partial charge on any atom is 0.221 e. The molecule has 3 rings (SSSR count). The van der Waals surface area contributed by atoms with Gasteiger partial charge < -0.3 is 19.7 Å². The van der Waals surface area contributed by atoms with Gasteiger partial charge in [0.1, 0.15) is 0 Å². The summed E-state index contributed by atoms with van der Waals surface area (Å²) in [7, 11) is 1.52. The molecule has 0 spiro atoms. The van der Waals surface area contributed by atoms with E-state index in [4.69, 9.17) is 4.74 Å². The Labute approximate surface area is 153 Å². The lowest BCUT2D eigenvalue weighted by Gasteiger charge is -2.10. The van der Waals surface area contributed by atoms with Crippen molar-refractivity contribution in [2.75, 3.05) is 13.7 Å². The molecule has 26 heavy (non-hydrogen) atoms. The Kier molecular flexibility index (Phi) is 5.46. The number of para-hydroxylation sites is 1. The van der Waals surface area contributed by atoms with Gasteiger partial charge in [-0.15, -0.1) is 0 Å². The third kappa shape index (κ3) is 3.99. The summed E-state index contributed by atoms with van der Waals surface area (Å²) in [6, 6.07) is 15.6. The number of ether oxygens (including phenoxy) is 1. The number of aryl methyl sites for hydroxylation is 2. The van der Waals surface area contributed by atoms with Crippen molar-refractivity contribution < 1.29 is 14.6 Å². The topological polar surface area (TPSA) is 63.5 Å². The summed E-state index contributed by atoms with van der Waals surface area (Å²) in [5.41, 5.74) is 3.27. The first-order valence-corrected chi connectivity index (χ1v) is 8.76. The molecule has 1 amide bonds. The van der Waals surface area contributed by atoms with Crippen LogP contribution in [-0.2, 0) is 17.8 Å². The van der Waals surface area contributed by atoms with Gasteiger partial charge in [0.25, 0.3) is 0 Å². The number of hydrogen-bond donors (Lipinski definition) is 2. The van der Waals surface area contributed by atoms with E-state index in [2.05, 4.69) is 35.0 Å². The van der Waals surface area contributed by atoms with Crippen molar-refractivity contribution in [1.29, 1.82) is 0 Å². The fraction of sp³-hybridized carbons (Fsp3) is 0.286. The Bertz CT molecular complexity index is 915. The third-order valence-electron chi connectivity index (χ3n) is 4.56. The number of phenolic OH excluding ortho intramolecular Hbond substituents is 1. The number of amides is 1. The predicted molar refractivity (Wildman–Crippen MR) is 103 cm³/mol. The maximum absolute atomic E-state index is 12.1. The highest BCUT2D eigenvalue weighted by Gasteiger charge is 2.08. The lowest BCUT2D eigenvalue weighted by Crippen LogP contribution is -2.26. The second-order valence-electron chi connectivity index (χ2n) is 6.35. The first kappa shape index (κ1) is 17.9. The average Bonchev–Trinajstić information content (AvgIpc) is 2.95. The van der Waals surface area contributed by atoms with E-state index in [1.165, 1.54) is 12.5 Å². The Hall–Kier alpha value is -2.95. The van der Waals surface area contributed by atoms with Gasteiger partial charge in [0.2, 0.25) is 5.91 Å². The van der Waals surface area contributed by atoms with Gasteiger partial charge in [-0.05, 0) is 48.6 Å². The van der Waals surface area contributed by atoms with Crippen LogP contribution >= 0.6 is 0 Å². The molecule has 1 heterocycles. The number of methoxy groups -OCH3 is 1. The molecule has 2 N–H and O–H groups in total. The van der Waals surface area contributed by atoms with Crippen LogP contribution in [0.25, 0.3) is 10.9 Å². The minimum absolute atomic E-state index is 0.0277. The highest BCUT2D eigenvalue weighted by atomic mass is 16.5. The quantitative estimate of drug-likeness (QED) is 0.685. The molecule has 5 heteroatoms. The minimum atomic E-state index is 0.0277. The monoisotopic (exact) mass is 352 g/mol. The zero-order chi connectivity index (χ0) is 18.5. The van der Waals surface area contributed by atoms with Crippen LogP contribution in [0, 0.1) is 6.92 Å². The molecule has 0 bridgehead atoms. The summed E-state index contributed by atoms with van der Waals surface area (Å²) < 4.78 is 7.21. The van der Waals surface area contributed by atoms with Crippen molar-refractivity contribution in [2.45, 2.75) is 26.3 Å². The van der Waals surface area contributed by atoms with E-state index in [0.29, 0.717) is 31.7 Å². The molecule has 0 unspecified atom stereocenters. The highest BCUT2D eigenvalue weighted by molar-refractivity contribution is 5.81. The van der Waals surface area contributed by atoms with Crippen LogP contribution in [0.3, 0.4) is 0 Å². The van der Waals surface area contributed by atoms with Crippen LogP contribution in [0.15, 0.2) is 48.5 Å². The van der Waals surface area contributed by atoms with Crippen LogP contribution in [0.1, 0.15) is 17.7 Å². The van der Waals surface area contributed by atoms with E-state index in [9.17, 15) is 9.90 Å². The molecule has 0 aliphatic carbocycles. The van der Waals surface area contributed by atoms with Crippen LogP contribution in [-0.4, -0.2) is 29.2 Å². The summed E-state index contributed by atoms with van der Waals surface area (Å²) in [6.07, 6.45) is 1.10. The zero-order valence-electron chi connectivity index (χ0n) is 15.2. The van der Waals surface area contributed by atoms with Crippen LogP contribution < -0.4 is 10.1 Å². The van der Waals surface area contributed by atoms with E-state index < -0.39 is 0 Å². The van der Waals surface area contributed by atoms with Crippen LogP contribution in [0.2, 0.25) is 0 Å². The standard InChI is InChI=1S/C21H24N2O3/c1-15-13-17-5-3-4-6-18(17)23(15)12-10-21(25)22-11-9-16-7-8-20(26-2)19(24)14-16/h3-8,13-14,24H,9-12H2,1-2H3,(H,22,25). The molecule has 2 aromatic carbocycles. The Morgan fingerprint density at radius 2 is 2.00 bits per heavy atom. The van der Waals surface area contributed by atoms with Crippen molar-refractivity contribution in [3.63, 3.8) is 0 Å². The maximum atomic E-state index is 12.1. The number of carbonyl (C=O) groups excluding carboxylic acids is 1. The van der Waals surface area contributed by atoms with Crippen molar-refractivity contribution >= 4 is 16.8 Å². The van der Waals surface area contributed by atoms with Crippen molar-refractivity contribution in [3.8, 4) is 11.5 Å². The molecule has 0 radical (unpaired) electrons. The fourth-order valence-corrected chi connectivity index (χ4v) is 3.18. The molecule has 1 aromatic heterocycles. The average molecular weight is 352 g/mol. The molecule has 0 fully saturated rings. The van der Waals surface area contributed by atoms with Gasteiger partial charge in [-0.1, -0.05) is 24.3 Å². The molecule has 0 saturated carbocycles. The molecule has 0 aliphatic heterocycles. The molecular weight excluding hydrogens is 328 g/mol. The summed E-state index contributed by atoms with van der Waals surface area (Å²) in [5, 5.41) is 13.9. The molecule has 3 aromatic rings. The first-order chi connectivity index (χ1) is 12.6. The summed E-state index contributed by atoms with van der Waals surface area (Å²) in [4.78, 5) is 12.1. The molecular formula is C21H24N2O3. The SMILES string of the molecule is COc1ccc(CCNC(=O)CCn2c(C)cc3ccccc32)cc1O. The van der Waals surface area contributed by atoms with E-state index in [0.717, 1.165) is 16.8 Å². The minimum Gasteiger partial charge on any atom is -0.504 e. The Morgan fingerprint density at radius 1 is 1.19 bits per heavy atom. The number of aromatic nitrogens is 1. The lowest BCUT2D eigenvalue weighted by molar-refractivity contribution is -0.121. The predicted octanol–water partition coefficient (Wildman–Crippen LogP) is 3.41. The molecule has 0 saturated heterocycles. The number of aromatic hydroxyl groups is 1. The van der Waals surface area contributed by atoms with Crippen molar-refractivity contribution in [1.82, 2.24) is 9.88 Å². The zero-order valence-corrected chi connectivity index (χ0v) is 15.2. The smallest absolute Gasteiger partial charge is 0.221 e. The van der Waals surface area contributed by atoms with E-state index in [-0.39, 0.29) is 11.7 Å². The second-order valence-corrected chi connectivity index (χ2v) is 6.35. The molecule has 0 atom stereocenters. The summed E-state index contributed by atoms with van der Waals surface area (Å²) in [6.45, 7) is 3.26. The largest absolute Gasteiger partial charge is 0.504 e. The van der Waals surface area contributed by atoms with E-state index in [1.54, 1.807) is 12.1 Å². The number of nitrogens with one attached hydrogen (secondary N) is 1. The number of rotatable bonds is 7. The number of carbonyl (C=O) groups is 1. The third-order valence-corrected chi connectivity index (χ3v) is 4.56. The Balaban J connectivity index is 1.50. The Morgan fingerprint density at radius 3 is 2.77 bits per heavy atom. The molecule has 0 aliphatic rings. The van der Waals surface area contributed by atoms with Gasteiger partial charge in [-0.3, -0.25) is 4.79 Å². The molecule has 5 nitrogen and oxygen atoms in total.